The van der Waals surface area contributed by atoms with Crippen molar-refractivity contribution in [2.75, 3.05) is 19.7 Å². The maximum Gasteiger partial charge on any atom is 0.186 e. The molecular formula is C22H33N3O3S. The summed E-state index contributed by atoms with van der Waals surface area (Å²) in [5.41, 5.74) is 1.86. The fourth-order valence-corrected chi connectivity index (χ4v) is 6.27. The van der Waals surface area contributed by atoms with Gasteiger partial charge in [-0.1, -0.05) is 20.8 Å². The number of fused-ring (bicyclic) bond motifs is 1. The van der Waals surface area contributed by atoms with E-state index in [1.165, 1.54) is 12.8 Å². The number of rotatable bonds is 6. The second kappa shape index (κ2) is 7.36. The number of aliphatic hydroxyl groups is 1. The SMILES string of the molecule is CC(C)(C)Cc1nc2cc(S(=O)(=O)C3(CO)CCNCC3)ccc2n1CC1CC1. The van der Waals surface area contributed by atoms with Gasteiger partial charge >= 0.3 is 0 Å². The quantitative estimate of drug-likeness (QED) is 0.752. The summed E-state index contributed by atoms with van der Waals surface area (Å²) in [4.78, 5) is 5.15. The minimum Gasteiger partial charge on any atom is -0.395 e. The van der Waals surface area contributed by atoms with E-state index in [1.807, 2.05) is 6.07 Å². The molecule has 2 fully saturated rings. The van der Waals surface area contributed by atoms with Crippen molar-refractivity contribution in [1.29, 1.82) is 0 Å². The number of aromatic nitrogens is 2. The van der Waals surface area contributed by atoms with E-state index in [4.69, 9.17) is 4.98 Å². The first-order valence-electron chi connectivity index (χ1n) is 10.7. The normalized spacial score (nSPS) is 20.3. The first-order chi connectivity index (χ1) is 13.7. The van der Waals surface area contributed by atoms with Crippen molar-refractivity contribution >= 4 is 20.9 Å². The van der Waals surface area contributed by atoms with Crippen molar-refractivity contribution in [3.8, 4) is 0 Å². The number of hydrogen-bond donors (Lipinski definition) is 2. The molecule has 0 spiro atoms. The molecule has 1 aliphatic heterocycles. The van der Waals surface area contributed by atoms with Crippen LogP contribution >= 0.6 is 0 Å². The highest BCUT2D eigenvalue weighted by molar-refractivity contribution is 7.92. The van der Waals surface area contributed by atoms with Gasteiger partial charge in [-0.05, 0) is 68.3 Å². The van der Waals surface area contributed by atoms with Crippen molar-refractivity contribution in [3.05, 3.63) is 24.0 Å². The highest BCUT2D eigenvalue weighted by atomic mass is 32.2. The van der Waals surface area contributed by atoms with E-state index in [-0.39, 0.29) is 16.9 Å². The van der Waals surface area contributed by atoms with Crippen LogP contribution in [0.1, 0.15) is 52.3 Å². The third-order valence-corrected chi connectivity index (χ3v) is 8.86. The van der Waals surface area contributed by atoms with Crippen LogP contribution in [0.3, 0.4) is 0 Å². The molecule has 4 rings (SSSR count). The van der Waals surface area contributed by atoms with Gasteiger partial charge in [0.15, 0.2) is 9.84 Å². The molecule has 2 N–H and O–H groups in total. The van der Waals surface area contributed by atoms with E-state index < -0.39 is 14.6 Å². The van der Waals surface area contributed by atoms with Crippen LogP contribution < -0.4 is 5.32 Å². The largest absolute Gasteiger partial charge is 0.395 e. The van der Waals surface area contributed by atoms with Crippen molar-refractivity contribution < 1.29 is 13.5 Å². The topological polar surface area (TPSA) is 84.2 Å². The number of imidazole rings is 1. The average molecular weight is 420 g/mol. The molecule has 7 heteroatoms. The van der Waals surface area contributed by atoms with Crippen LogP contribution in [0, 0.1) is 11.3 Å². The van der Waals surface area contributed by atoms with E-state index in [9.17, 15) is 13.5 Å². The summed E-state index contributed by atoms with van der Waals surface area (Å²) in [6.07, 6.45) is 4.22. The maximum absolute atomic E-state index is 13.5. The molecule has 2 aliphatic rings. The summed E-state index contributed by atoms with van der Waals surface area (Å²) in [6.45, 7) is 8.42. The highest BCUT2D eigenvalue weighted by Gasteiger charge is 2.45. The second-order valence-electron chi connectivity index (χ2n) is 10.1. The number of benzene rings is 1. The minimum absolute atomic E-state index is 0.105. The summed E-state index contributed by atoms with van der Waals surface area (Å²) < 4.78 is 28.1. The van der Waals surface area contributed by atoms with E-state index >= 15 is 0 Å². The third-order valence-electron chi connectivity index (χ3n) is 6.31. The lowest BCUT2D eigenvalue weighted by molar-refractivity contribution is 0.211. The predicted molar refractivity (Wildman–Crippen MR) is 115 cm³/mol. The van der Waals surface area contributed by atoms with Gasteiger partial charge in [-0.25, -0.2) is 13.4 Å². The van der Waals surface area contributed by atoms with Gasteiger partial charge in [0.05, 0.1) is 22.5 Å². The van der Waals surface area contributed by atoms with Crippen molar-refractivity contribution in [2.24, 2.45) is 11.3 Å². The highest BCUT2D eigenvalue weighted by Crippen LogP contribution is 2.37. The molecule has 1 aromatic heterocycles. The van der Waals surface area contributed by atoms with Crippen LogP contribution in [-0.2, 0) is 22.8 Å². The maximum atomic E-state index is 13.5. The molecule has 1 aliphatic carbocycles. The molecular weight excluding hydrogens is 386 g/mol. The Labute approximate surface area is 173 Å². The Morgan fingerprint density at radius 2 is 1.93 bits per heavy atom. The number of hydrogen-bond acceptors (Lipinski definition) is 5. The summed E-state index contributed by atoms with van der Waals surface area (Å²) in [5.74, 6) is 1.75. The van der Waals surface area contributed by atoms with Crippen LogP contribution in [-0.4, -0.2) is 47.5 Å². The van der Waals surface area contributed by atoms with Gasteiger partial charge in [-0.3, -0.25) is 0 Å². The summed E-state index contributed by atoms with van der Waals surface area (Å²) >= 11 is 0. The zero-order valence-electron chi connectivity index (χ0n) is 17.7. The smallest absolute Gasteiger partial charge is 0.186 e. The molecule has 2 heterocycles. The molecule has 0 atom stereocenters. The molecule has 6 nitrogen and oxygen atoms in total. The number of piperidine rings is 1. The van der Waals surface area contributed by atoms with E-state index in [0.717, 1.165) is 29.8 Å². The van der Waals surface area contributed by atoms with Gasteiger partial charge in [-0.2, -0.15) is 0 Å². The first-order valence-corrected chi connectivity index (χ1v) is 12.2. The standard InChI is InChI=1S/C22H33N3O3S/c1-21(2,3)13-20-24-18-12-17(6-7-19(18)25(20)14-16-4-5-16)29(27,28)22(15-26)8-10-23-11-9-22/h6-7,12,16,23,26H,4-5,8-11,13-15H2,1-3H3. The molecule has 0 bridgehead atoms. The molecule has 1 saturated heterocycles. The van der Waals surface area contributed by atoms with Gasteiger partial charge < -0.3 is 15.0 Å². The van der Waals surface area contributed by atoms with Crippen LogP contribution in [0.25, 0.3) is 11.0 Å². The van der Waals surface area contributed by atoms with E-state index in [0.29, 0.717) is 31.8 Å². The first kappa shape index (κ1) is 20.8. The van der Waals surface area contributed by atoms with Gasteiger partial charge in [0, 0.05) is 13.0 Å². The summed E-state index contributed by atoms with van der Waals surface area (Å²) in [7, 11) is -3.65. The molecule has 0 amide bonds. The summed E-state index contributed by atoms with van der Waals surface area (Å²) in [5, 5.41) is 13.2. The van der Waals surface area contributed by atoms with E-state index in [2.05, 4.69) is 30.7 Å². The number of sulfone groups is 1. The molecule has 29 heavy (non-hydrogen) atoms. The lowest BCUT2D eigenvalue weighted by atomic mass is 9.92. The number of aliphatic hydroxyl groups excluding tert-OH is 1. The fraction of sp³-hybridized carbons (Fsp3) is 0.682. The predicted octanol–water partition coefficient (Wildman–Crippen LogP) is 2.92. The molecule has 1 aromatic carbocycles. The van der Waals surface area contributed by atoms with Crippen LogP contribution in [0.5, 0.6) is 0 Å². The Morgan fingerprint density at radius 3 is 2.52 bits per heavy atom. The molecule has 160 valence electrons. The minimum atomic E-state index is -3.65. The Balaban J connectivity index is 1.77. The Bertz CT molecular complexity index is 994. The molecule has 0 radical (unpaired) electrons. The zero-order valence-corrected chi connectivity index (χ0v) is 18.6. The van der Waals surface area contributed by atoms with Gasteiger partial charge in [0.2, 0.25) is 0 Å². The van der Waals surface area contributed by atoms with E-state index in [1.54, 1.807) is 12.1 Å². The average Bonchev–Trinajstić information content (AvgIpc) is 3.43. The third kappa shape index (κ3) is 3.97. The Kier molecular flexibility index (Phi) is 5.28. The van der Waals surface area contributed by atoms with Crippen molar-refractivity contribution in [3.63, 3.8) is 0 Å². The zero-order chi connectivity index (χ0) is 20.9. The Morgan fingerprint density at radius 1 is 1.24 bits per heavy atom. The van der Waals surface area contributed by atoms with Crippen LogP contribution in [0.15, 0.2) is 23.1 Å². The fourth-order valence-electron chi connectivity index (χ4n) is 4.34. The monoisotopic (exact) mass is 419 g/mol. The number of nitrogens with zero attached hydrogens (tertiary/aromatic N) is 2. The molecule has 0 unspecified atom stereocenters. The lowest BCUT2D eigenvalue weighted by Gasteiger charge is -2.35. The lowest BCUT2D eigenvalue weighted by Crippen LogP contribution is -2.50. The van der Waals surface area contributed by atoms with Crippen molar-refractivity contribution in [1.82, 2.24) is 14.9 Å². The molecule has 1 saturated carbocycles. The van der Waals surface area contributed by atoms with Gasteiger partial charge in [-0.15, -0.1) is 0 Å². The van der Waals surface area contributed by atoms with Crippen molar-refractivity contribution in [2.45, 2.75) is 69.1 Å². The second-order valence-corrected chi connectivity index (χ2v) is 12.4. The Hall–Kier alpha value is -1.44. The van der Waals surface area contributed by atoms with Gasteiger partial charge in [0.1, 0.15) is 10.6 Å². The number of nitrogens with one attached hydrogen (secondary N) is 1. The molecule has 2 aromatic rings. The van der Waals surface area contributed by atoms with Crippen LogP contribution in [0.4, 0.5) is 0 Å². The summed E-state index contributed by atoms with van der Waals surface area (Å²) in [6, 6.07) is 5.35. The van der Waals surface area contributed by atoms with Gasteiger partial charge in [0.25, 0.3) is 0 Å². The van der Waals surface area contributed by atoms with Crippen LogP contribution in [0.2, 0.25) is 0 Å².